The van der Waals surface area contributed by atoms with Crippen molar-refractivity contribution in [3.05, 3.63) is 35.6 Å². The second kappa shape index (κ2) is 2.94. The topological polar surface area (TPSA) is 23.8 Å². The van der Waals surface area contributed by atoms with E-state index in [2.05, 4.69) is 6.07 Å². The summed E-state index contributed by atoms with van der Waals surface area (Å²) < 4.78 is 12.7. The molecular weight excluding hydrogens is 153 g/mol. The molecule has 0 fully saturated rings. The maximum absolute atomic E-state index is 12.7. The Hall–Kier alpha value is -1.36. The van der Waals surface area contributed by atoms with Crippen LogP contribution in [0, 0.1) is 17.1 Å². The van der Waals surface area contributed by atoms with Crippen molar-refractivity contribution in [2.24, 2.45) is 0 Å². The van der Waals surface area contributed by atoms with E-state index in [4.69, 9.17) is 5.26 Å². The van der Waals surface area contributed by atoms with Crippen LogP contribution >= 0.6 is 0 Å². The Morgan fingerprint density at radius 2 is 2.08 bits per heavy atom. The largest absolute Gasteiger partial charge is 0.207 e. The van der Waals surface area contributed by atoms with Crippen LogP contribution in [0.2, 0.25) is 0 Å². The maximum atomic E-state index is 12.7. The van der Waals surface area contributed by atoms with Crippen molar-refractivity contribution < 1.29 is 4.39 Å². The highest BCUT2D eigenvalue weighted by atomic mass is 19.1. The van der Waals surface area contributed by atoms with E-state index < -0.39 is 5.41 Å². The zero-order valence-electron chi connectivity index (χ0n) is 7.13. The predicted octanol–water partition coefficient (Wildman–Crippen LogP) is 2.63. The fourth-order valence-electron chi connectivity index (χ4n) is 0.942. The molecule has 0 N–H and O–H groups in total. The van der Waals surface area contributed by atoms with Crippen molar-refractivity contribution in [1.82, 2.24) is 0 Å². The molecular formula is C10H10FN. The fourth-order valence-corrected chi connectivity index (χ4v) is 0.942. The van der Waals surface area contributed by atoms with Gasteiger partial charge in [-0.15, -0.1) is 0 Å². The number of nitriles is 1. The van der Waals surface area contributed by atoms with Crippen LogP contribution in [-0.2, 0) is 5.41 Å². The summed E-state index contributed by atoms with van der Waals surface area (Å²) in [7, 11) is 0. The highest BCUT2D eigenvalue weighted by Crippen LogP contribution is 2.22. The van der Waals surface area contributed by atoms with Crippen molar-refractivity contribution >= 4 is 0 Å². The first kappa shape index (κ1) is 8.73. The van der Waals surface area contributed by atoms with Crippen LogP contribution in [0.15, 0.2) is 24.3 Å². The molecule has 0 aliphatic rings. The van der Waals surface area contributed by atoms with Gasteiger partial charge in [-0.3, -0.25) is 0 Å². The van der Waals surface area contributed by atoms with E-state index in [1.54, 1.807) is 26.0 Å². The van der Waals surface area contributed by atoms with Crippen LogP contribution in [0.1, 0.15) is 19.4 Å². The van der Waals surface area contributed by atoms with Gasteiger partial charge in [-0.2, -0.15) is 5.26 Å². The molecule has 0 atom stereocenters. The summed E-state index contributed by atoms with van der Waals surface area (Å²) in [6.07, 6.45) is 0. The Kier molecular flexibility index (Phi) is 2.14. The number of hydrogen-bond donors (Lipinski definition) is 0. The Labute approximate surface area is 71.4 Å². The summed E-state index contributed by atoms with van der Waals surface area (Å²) in [5.41, 5.74) is 0.104. The minimum absolute atomic E-state index is 0.296. The van der Waals surface area contributed by atoms with Crippen LogP contribution in [0.3, 0.4) is 0 Å². The quantitative estimate of drug-likeness (QED) is 0.624. The molecule has 2 heteroatoms. The fraction of sp³-hybridized carbons (Fsp3) is 0.300. The van der Waals surface area contributed by atoms with Gasteiger partial charge in [0.25, 0.3) is 0 Å². The average molecular weight is 163 g/mol. The third-order valence-corrected chi connectivity index (χ3v) is 1.83. The zero-order chi connectivity index (χ0) is 9.19. The van der Waals surface area contributed by atoms with Gasteiger partial charge >= 0.3 is 0 Å². The number of rotatable bonds is 1. The lowest BCUT2D eigenvalue weighted by molar-refractivity contribution is 0.613. The molecule has 0 heterocycles. The number of nitrogens with zero attached hydrogens (tertiary/aromatic N) is 1. The van der Waals surface area contributed by atoms with E-state index in [1.807, 2.05) is 0 Å². The molecule has 0 amide bonds. The van der Waals surface area contributed by atoms with E-state index in [-0.39, 0.29) is 5.82 Å². The standard InChI is InChI=1S/C10H10FN/c1-10(2,7-12)8-4-3-5-9(11)6-8/h3-6H,1-2H3. The summed E-state index contributed by atoms with van der Waals surface area (Å²) in [6.45, 7) is 3.53. The van der Waals surface area contributed by atoms with Crippen molar-refractivity contribution in [2.45, 2.75) is 19.3 Å². The molecule has 1 nitrogen and oxygen atoms in total. The number of hydrogen-bond acceptors (Lipinski definition) is 1. The smallest absolute Gasteiger partial charge is 0.123 e. The van der Waals surface area contributed by atoms with Crippen molar-refractivity contribution in [3.8, 4) is 6.07 Å². The Morgan fingerprint density at radius 3 is 2.58 bits per heavy atom. The lowest BCUT2D eigenvalue weighted by Gasteiger charge is -2.14. The van der Waals surface area contributed by atoms with E-state index in [1.165, 1.54) is 12.1 Å². The zero-order valence-corrected chi connectivity index (χ0v) is 7.13. The monoisotopic (exact) mass is 163 g/mol. The first-order valence-corrected chi connectivity index (χ1v) is 3.73. The van der Waals surface area contributed by atoms with Gasteiger partial charge in [0.2, 0.25) is 0 Å². The molecule has 1 rings (SSSR count). The summed E-state index contributed by atoms with van der Waals surface area (Å²) in [4.78, 5) is 0. The van der Waals surface area contributed by atoms with Gasteiger partial charge in [-0.1, -0.05) is 12.1 Å². The summed E-state index contributed by atoms with van der Waals surface area (Å²) in [6, 6.07) is 8.25. The SMILES string of the molecule is CC(C)(C#N)c1cccc(F)c1. The maximum Gasteiger partial charge on any atom is 0.123 e. The summed E-state index contributed by atoms with van der Waals surface area (Å²) in [5, 5.41) is 8.77. The molecule has 0 unspecified atom stereocenters. The molecule has 0 aliphatic heterocycles. The highest BCUT2D eigenvalue weighted by molar-refractivity contribution is 5.30. The van der Waals surface area contributed by atoms with Gasteiger partial charge in [-0.25, -0.2) is 4.39 Å². The van der Waals surface area contributed by atoms with Crippen LogP contribution < -0.4 is 0 Å². The normalized spacial score (nSPS) is 10.8. The number of benzene rings is 1. The predicted molar refractivity (Wildman–Crippen MR) is 45.0 cm³/mol. The lowest BCUT2D eigenvalue weighted by Crippen LogP contribution is -2.13. The lowest BCUT2D eigenvalue weighted by atomic mass is 9.86. The highest BCUT2D eigenvalue weighted by Gasteiger charge is 2.19. The third-order valence-electron chi connectivity index (χ3n) is 1.83. The molecule has 0 bridgehead atoms. The van der Waals surface area contributed by atoms with E-state index >= 15 is 0 Å². The number of halogens is 1. The molecule has 0 saturated heterocycles. The second-order valence-electron chi connectivity index (χ2n) is 3.25. The molecule has 12 heavy (non-hydrogen) atoms. The van der Waals surface area contributed by atoms with E-state index in [0.717, 1.165) is 0 Å². The summed E-state index contributed by atoms with van der Waals surface area (Å²) in [5.74, 6) is -0.296. The van der Waals surface area contributed by atoms with Gasteiger partial charge in [-0.05, 0) is 31.5 Å². The van der Waals surface area contributed by atoms with Crippen LogP contribution in [0.5, 0.6) is 0 Å². The Morgan fingerprint density at radius 1 is 1.42 bits per heavy atom. The molecule has 0 radical (unpaired) electrons. The molecule has 1 aromatic rings. The first-order valence-electron chi connectivity index (χ1n) is 3.73. The minimum atomic E-state index is -0.609. The van der Waals surface area contributed by atoms with E-state index in [9.17, 15) is 4.39 Å². The van der Waals surface area contributed by atoms with Crippen LogP contribution in [0.4, 0.5) is 4.39 Å². The average Bonchev–Trinajstić information content (AvgIpc) is 2.05. The first-order chi connectivity index (χ1) is 5.56. The van der Waals surface area contributed by atoms with Crippen molar-refractivity contribution in [1.29, 1.82) is 5.26 Å². The Balaban J connectivity index is 3.14. The van der Waals surface area contributed by atoms with Crippen LogP contribution in [-0.4, -0.2) is 0 Å². The van der Waals surface area contributed by atoms with Gasteiger partial charge in [0.15, 0.2) is 0 Å². The van der Waals surface area contributed by atoms with Gasteiger partial charge < -0.3 is 0 Å². The van der Waals surface area contributed by atoms with Crippen molar-refractivity contribution in [3.63, 3.8) is 0 Å². The van der Waals surface area contributed by atoms with Gasteiger partial charge in [0.1, 0.15) is 5.82 Å². The minimum Gasteiger partial charge on any atom is -0.207 e. The Bertz CT molecular complexity index is 323. The molecule has 0 aliphatic carbocycles. The van der Waals surface area contributed by atoms with Crippen molar-refractivity contribution in [2.75, 3.05) is 0 Å². The van der Waals surface area contributed by atoms with Gasteiger partial charge in [0, 0.05) is 0 Å². The molecule has 0 saturated carbocycles. The molecule has 0 aromatic heterocycles. The second-order valence-corrected chi connectivity index (χ2v) is 3.25. The third kappa shape index (κ3) is 1.62. The summed E-state index contributed by atoms with van der Waals surface area (Å²) >= 11 is 0. The molecule has 62 valence electrons. The van der Waals surface area contributed by atoms with E-state index in [0.29, 0.717) is 5.56 Å². The molecule has 1 aromatic carbocycles. The molecule has 0 spiro atoms. The van der Waals surface area contributed by atoms with Gasteiger partial charge in [0.05, 0.1) is 11.5 Å². The van der Waals surface area contributed by atoms with Crippen LogP contribution in [0.25, 0.3) is 0 Å².